The maximum atomic E-state index is 11.7. The monoisotopic (exact) mass is 335 g/mol. The minimum Gasteiger partial charge on any atom is -0.481 e. The fraction of sp³-hybridized carbons (Fsp3) is 0.579. The summed E-state index contributed by atoms with van der Waals surface area (Å²) in [5, 5.41) is 2.75. The van der Waals surface area contributed by atoms with Crippen molar-refractivity contribution in [2.45, 2.75) is 52.9 Å². The molecule has 0 aliphatic carbocycles. The van der Waals surface area contributed by atoms with E-state index < -0.39 is 5.97 Å². The first kappa shape index (κ1) is 20.0. The Bertz CT molecular complexity index is 508. The summed E-state index contributed by atoms with van der Waals surface area (Å²) in [6, 6.07) is 5.81. The van der Waals surface area contributed by atoms with Gasteiger partial charge in [-0.1, -0.05) is 44.4 Å². The molecule has 5 nitrogen and oxygen atoms in total. The molecule has 0 aliphatic heterocycles. The largest absolute Gasteiger partial charge is 0.481 e. The lowest BCUT2D eigenvalue weighted by Crippen LogP contribution is -2.28. The van der Waals surface area contributed by atoms with Crippen molar-refractivity contribution in [1.29, 1.82) is 0 Å². The molecule has 0 saturated carbocycles. The van der Waals surface area contributed by atoms with Crippen molar-refractivity contribution in [1.82, 2.24) is 5.32 Å². The van der Waals surface area contributed by atoms with Gasteiger partial charge in [0, 0.05) is 6.42 Å². The average Bonchev–Trinajstić information content (AvgIpc) is 2.55. The summed E-state index contributed by atoms with van der Waals surface area (Å²) in [6.45, 7) is 6.38. The zero-order valence-electron chi connectivity index (χ0n) is 15.0. The number of amides is 1. The number of hydrogen-bond donors (Lipinski definition) is 1. The Hall–Kier alpha value is -2.04. The summed E-state index contributed by atoms with van der Waals surface area (Å²) in [6.07, 6.45) is 4.83. The van der Waals surface area contributed by atoms with Crippen LogP contribution in [0.15, 0.2) is 18.2 Å². The molecule has 0 heterocycles. The van der Waals surface area contributed by atoms with Gasteiger partial charge in [0.15, 0.2) is 6.61 Å². The summed E-state index contributed by atoms with van der Waals surface area (Å²) < 4.78 is 10.6. The first-order valence-electron chi connectivity index (χ1n) is 8.66. The van der Waals surface area contributed by atoms with Gasteiger partial charge in [-0.2, -0.15) is 0 Å². The topological polar surface area (TPSA) is 64.6 Å². The van der Waals surface area contributed by atoms with Gasteiger partial charge in [-0.3, -0.25) is 4.79 Å². The molecule has 24 heavy (non-hydrogen) atoms. The highest BCUT2D eigenvalue weighted by Crippen LogP contribution is 2.22. The number of nitrogens with one attached hydrogen (secondary N) is 1. The lowest BCUT2D eigenvalue weighted by molar-refractivity contribution is -0.146. The quantitative estimate of drug-likeness (QED) is 0.498. The Kier molecular flexibility index (Phi) is 9.58. The molecule has 0 fully saturated rings. The molecule has 0 bridgehead atoms. The van der Waals surface area contributed by atoms with E-state index in [4.69, 9.17) is 9.47 Å². The molecule has 1 aromatic rings. The second-order valence-corrected chi connectivity index (χ2v) is 5.89. The van der Waals surface area contributed by atoms with Gasteiger partial charge in [-0.05, 0) is 31.4 Å². The number of carbonyl (C=O) groups excluding carboxylic acids is 2. The van der Waals surface area contributed by atoms with Gasteiger partial charge in [-0.15, -0.1) is 0 Å². The Morgan fingerprint density at radius 3 is 2.46 bits per heavy atom. The third-order valence-electron chi connectivity index (χ3n) is 3.69. The maximum Gasteiger partial charge on any atom is 0.344 e. The lowest BCUT2D eigenvalue weighted by atomic mass is 10.1. The predicted molar refractivity (Wildman–Crippen MR) is 94.1 cm³/mol. The molecule has 134 valence electrons. The Balaban J connectivity index is 2.13. The van der Waals surface area contributed by atoms with Crippen LogP contribution < -0.4 is 10.1 Å². The first-order chi connectivity index (χ1) is 11.5. The smallest absolute Gasteiger partial charge is 0.344 e. The SMILES string of the molecule is CCCCCCC(=O)NCCOC(=O)COc1c(C)cccc1C. The van der Waals surface area contributed by atoms with Crippen molar-refractivity contribution in [3.63, 3.8) is 0 Å². The number of benzene rings is 1. The number of esters is 1. The number of rotatable bonds is 11. The third kappa shape index (κ3) is 7.99. The second-order valence-electron chi connectivity index (χ2n) is 5.89. The average molecular weight is 335 g/mol. The van der Waals surface area contributed by atoms with E-state index in [0.29, 0.717) is 13.0 Å². The van der Waals surface area contributed by atoms with Crippen LogP contribution in [-0.4, -0.2) is 31.6 Å². The van der Waals surface area contributed by atoms with Crippen LogP contribution in [0, 0.1) is 13.8 Å². The Morgan fingerprint density at radius 2 is 1.79 bits per heavy atom. The third-order valence-corrected chi connectivity index (χ3v) is 3.69. The number of para-hydroxylation sites is 1. The van der Waals surface area contributed by atoms with E-state index in [1.165, 1.54) is 0 Å². The fourth-order valence-corrected chi connectivity index (χ4v) is 2.36. The van der Waals surface area contributed by atoms with Gasteiger partial charge in [0.2, 0.25) is 5.91 Å². The predicted octanol–water partition coefficient (Wildman–Crippen LogP) is 3.31. The van der Waals surface area contributed by atoms with Crippen LogP contribution in [0.1, 0.15) is 50.2 Å². The van der Waals surface area contributed by atoms with Crippen LogP contribution in [0.25, 0.3) is 0 Å². The molecule has 0 spiro atoms. The molecule has 1 aromatic carbocycles. The zero-order chi connectivity index (χ0) is 17.8. The van der Waals surface area contributed by atoms with E-state index in [2.05, 4.69) is 12.2 Å². The number of hydrogen-bond acceptors (Lipinski definition) is 4. The van der Waals surface area contributed by atoms with E-state index >= 15 is 0 Å². The van der Waals surface area contributed by atoms with Gasteiger partial charge in [-0.25, -0.2) is 4.79 Å². The molecule has 1 N–H and O–H groups in total. The standard InChI is InChI=1S/C19H29NO4/c1-4-5-6-7-11-17(21)20-12-13-23-18(22)14-24-19-15(2)9-8-10-16(19)3/h8-10H,4-7,11-14H2,1-3H3,(H,20,21). The molecular weight excluding hydrogens is 306 g/mol. The van der Waals surface area contributed by atoms with Crippen molar-refractivity contribution in [2.24, 2.45) is 0 Å². The van der Waals surface area contributed by atoms with Crippen LogP contribution in [-0.2, 0) is 14.3 Å². The number of aryl methyl sites for hydroxylation is 2. The van der Waals surface area contributed by atoms with Gasteiger partial charge in [0.25, 0.3) is 0 Å². The van der Waals surface area contributed by atoms with E-state index in [1.807, 2.05) is 32.0 Å². The number of ether oxygens (including phenoxy) is 2. The highest BCUT2D eigenvalue weighted by molar-refractivity contribution is 5.75. The van der Waals surface area contributed by atoms with Crippen LogP contribution in [0.2, 0.25) is 0 Å². The molecule has 5 heteroatoms. The van der Waals surface area contributed by atoms with E-state index in [0.717, 1.165) is 42.6 Å². The van der Waals surface area contributed by atoms with Crippen molar-refractivity contribution < 1.29 is 19.1 Å². The molecule has 0 unspecified atom stereocenters. The summed E-state index contributed by atoms with van der Waals surface area (Å²) in [5.74, 6) is 0.290. The molecule has 0 aliphatic rings. The summed E-state index contributed by atoms with van der Waals surface area (Å²) in [5.41, 5.74) is 1.97. The summed E-state index contributed by atoms with van der Waals surface area (Å²) in [7, 11) is 0. The molecule has 0 aromatic heterocycles. The van der Waals surface area contributed by atoms with Crippen LogP contribution in [0.3, 0.4) is 0 Å². The molecule has 0 radical (unpaired) electrons. The van der Waals surface area contributed by atoms with E-state index in [1.54, 1.807) is 0 Å². The van der Waals surface area contributed by atoms with Crippen LogP contribution >= 0.6 is 0 Å². The summed E-state index contributed by atoms with van der Waals surface area (Å²) in [4.78, 5) is 23.2. The second kappa shape index (κ2) is 11.5. The zero-order valence-corrected chi connectivity index (χ0v) is 15.0. The van der Waals surface area contributed by atoms with Crippen molar-refractivity contribution >= 4 is 11.9 Å². The summed E-state index contributed by atoms with van der Waals surface area (Å²) >= 11 is 0. The molecule has 0 saturated heterocycles. The normalized spacial score (nSPS) is 10.3. The van der Waals surface area contributed by atoms with E-state index in [9.17, 15) is 9.59 Å². The Morgan fingerprint density at radius 1 is 1.08 bits per heavy atom. The molecule has 1 rings (SSSR count). The van der Waals surface area contributed by atoms with Gasteiger partial charge in [0.05, 0.1) is 6.54 Å². The number of unbranched alkanes of at least 4 members (excludes halogenated alkanes) is 3. The van der Waals surface area contributed by atoms with Crippen LogP contribution in [0.4, 0.5) is 0 Å². The Labute approximate surface area is 144 Å². The number of carbonyl (C=O) groups is 2. The highest BCUT2D eigenvalue weighted by atomic mass is 16.6. The minimum atomic E-state index is -0.435. The molecule has 1 amide bonds. The van der Waals surface area contributed by atoms with Gasteiger partial charge >= 0.3 is 5.97 Å². The first-order valence-corrected chi connectivity index (χ1v) is 8.66. The van der Waals surface area contributed by atoms with Crippen molar-refractivity contribution in [3.8, 4) is 5.75 Å². The fourth-order valence-electron chi connectivity index (χ4n) is 2.36. The van der Waals surface area contributed by atoms with Gasteiger partial charge in [0.1, 0.15) is 12.4 Å². The van der Waals surface area contributed by atoms with Crippen LogP contribution in [0.5, 0.6) is 5.75 Å². The molecule has 0 atom stereocenters. The maximum absolute atomic E-state index is 11.7. The lowest BCUT2D eigenvalue weighted by Gasteiger charge is -2.11. The van der Waals surface area contributed by atoms with Crippen molar-refractivity contribution in [2.75, 3.05) is 19.8 Å². The highest BCUT2D eigenvalue weighted by Gasteiger charge is 2.08. The van der Waals surface area contributed by atoms with Crippen molar-refractivity contribution in [3.05, 3.63) is 29.3 Å². The van der Waals surface area contributed by atoms with E-state index in [-0.39, 0.29) is 19.1 Å². The van der Waals surface area contributed by atoms with Gasteiger partial charge < -0.3 is 14.8 Å². The minimum absolute atomic E-state index is 0.00828. The molecular formula is C19H29NO4.